The van der Waals surface area contributed by atoms with Gasteiger partial charge in [0.1, 0.15) is 11.4 Å². The molecule has 1 N–H and O–H groups in total. The zero-order valence-electron chi connectivity index (χ0n) is 27.1. The molecule has 0 spiro atoms. The van der Waals surface area contributed by atoms with E-state index in [0.717, 1.165) is 12.1 Å². The quantitative estimate of drug-likeness (QED) is 0.225. The van der Waals surface area contributed by atoms with E-state index in [0.29, 0.717) is 22.2 Å². The molecule has 1 atom stereocenters. The smallest absolute Gasteiger partial charge is 0.431 e. The molecule has 1 aliphatic heterocycles. The van der Waals surface area contributed by atoms with Gasteiger partial charge in [-0.2, -0.15) is 31.4 Å². The van der Waals surface area contributed by atoms with E-state index >= 15 is 0 Å². The predicted molar refractivity (Wildman–Crippen MR) is 168 cm³/mol. The minimum Gasteiger partial charge on any atom is -0.444 e. The van der Waals surface area contributed by atoms with E-state index in [2.05, 4.69) is 5.10 Å². The highest BCUT2D eigenvalue weighted by molar-refractivity contribution is 7.91. The van der Waals surface area contributed by atoms with Gasteiger partial charge in [0.2, 0.25) is 0 Å². The number of ether oxygens (including phenoxy) is 1. The first kappa shape index (κ1) is 38.6. The molecule has 1 heterocycles. The van der Waals surface area contributed by atoms with Crippen molar-refractivity contribution in [3.8, 4) is 11.1 Å². The molecule has 0 saturated heterocycles. The number of aliphatic hydroxyl groups is 1. The van der Waals surface area contributed by atoms with Crippen LogP contribution in [-0.2, 0) is 14.6 Å². The molecule has 0 radical (unpaired) electrons. The lowest BCUT2D eigenvalue weighted by molar-refractivity contribution is -0.338. The number of halogens is 8. The van der Waals surface area contributed by atoms with E-state index < -0.39 is 75.0 Å². The Labute approximate surface area is 282 Å². The summed E-state index contributed by atoms with van der Waals surface area (Å²) in [4.78, 5) is 13.4. The van der Waals surface area contributed by atoms with Crippen LogP contribution >= 0.6 is 0 Å². The maximum atomic E-state index is 14.8. The average molecular weight is 736 g/mol. The van der Waals surface area contributed by atoms with Crippen LogP contribution in [0.2, 0.25) is 0 Å². The number of rotatable bonds is 9. The van der Waals surface area contributed by atoms with Crippen molar-refractivity contribution in [1.82, 2.24) is 4.90 Å². The van der Waals surface area contributed by atoms with Gasteiger partial charge in [-0.25, -0.2) is 22.0 Å². The van der Waals surface area contributed by atoms with Gasteiger partial charge in [-0.1, -0.05) is 36.4 Å². The fraction of sp³-hybridized carbons (Fsp3) is 0.394. The standard InChI is InChI=1S/C33H33F8N3O5S/c1-30(2,3)49-29(45)43(4)15-6-16-50(47,48)24-8-5-7-22(17-24)20-9-11-21(12-10-20)27-19-28(31(46,32(36,37)38)33(39,40)41)42-44(27)26-14-13-23(34)18-25(26)35/h5,7-14,17-18,27,46H,6,15-16,19H2,1-4H3. The normalized spacial score (nSPS) is 16.0. The molecule has 4 rings (SSSR count). The first-order chi connectivity index (χ1) is 22.9. The number of alkyl halides is 6. The third-order valence-corrected chi connectivity index (χ3v) is 9.54. The van der Waals surface area contributed by atoms with Gasteiger partial charge in [0.25, 0.3) is 5.60 Å². The van der Waals surface area contributed by atoms with Gasteiger partial charge < -0.3 is 14.7 Å². The number of anilines is 1. The molecule has 1 aliphatic rings. The average Bonchev–Trinajstić information content (AvgIpc) is 3.44. The van der Waals surface area contributed by atoms with Gasteiger partial charge in [0.05, 0.1) is 28.1 Å². The van der Waals surface area contributed by atoms with Crippen molar-refractivity contribution in [3.63, 3.8) is 0 Å². The Bertz CT molecular complexity index is 1840. The van der Waals surface area contributed by atoms with Crippen molar-refractivity contribution < 1.29 is 58.2 Å². The van der Waals surface area contributed by atoms with Crippen LogP contribution in [-0.4, -0.2) is 73.1 Å². The number of hydrogen-bond acceptors (Lipinski definition) is 7. The van der Waals surface area contributed by atoms with Crippen LogP contribution in [0.5, 0.6) is 0 Å². The maximum absolute atomic E-state index is 14.8. The summed E-state index contributed by atoms with van der Waals surface area (Å²) in [6.45, 7) is 5.19. The van der Waals surface area contributed by atoms with Crippen molar-refractivity contribution >= 4 is 27.3 Å². The summed E-state index contributed by atoms with van der Waals surface area (Å²) in [6, 6.07) is 11.7. The number of benzene rings is 3. The minimum atomic E-state index is -6.24. The van der Waals surface area contributed by atoms with Gasteiger partial charge in [-0.05, 0) is 68.1 Å². The Morgan fingerprint density at radius 1 is 0.940 bits per heavy atom. The zero-order chi connectivity index (χ0) is 37.4. The number of carbonyl (C=O) groups excluding carboxylic acids is 1. The Kier molecular flexibility index (Phi) is 10.6. The molecule has 1 amide bonds. The number of carbonyl (C=O) groups is 1. The van der Waals surface area contributed by atoms with Crippen LogP contribution in [0.4, 0.5) is 45.6 Å². The highest BCUT2D eigenvalue weighted by Crippen LogP contribution is 2.49. The van der Waals surface area contributed by atoms with E-state index in [-0.39, 0.29) is 29.2 Å². The van der Waals surface area contributed by atoms with Crippen LogP contribution in [0, 0.1) is 11.6 Å². The molecule has 17 heteroatoms. The highest BCUT2D eigenvalue weighted by atomic mass is 32.2. The minimum absolute atomic E-state index is 0.0376. The summed E-state index contributed by atoms with van der Waals surface area (Å²) >= 11 is 0. The molecule has 0 saturated carbocycles. The van der Waals surface area contributed by atoms with Gasteiger partial charge in [-0.3, -0.25) is 5.01 Å². The molecular weight excluding hydrogens is 702 g/mol. The molecule has 50 heavy (non-hydrogen) atoms. The molecular formula is C33H33F8N3O5S. The summed E-state index contributed by atoms with van der Waals surface area (Å²) < 4.78 is 142. The largest absolute Gasteiger partial charge is 0.444 e. The lowest BCUT2D eigenvalue weighted by Crippen LogP contribution is -2.62. The predicted octanol–water partition coefficient (Wildman–Crippen LogP) is 7.83. The third-order valence-electron chi connectivity index (χ3n) is 7.74. The van der Waals surface area contributed by atoms with Gasteiger partial charge in [0.15, 0.2) is 15.7 Å². The summed E-state index contributed by atoms with van der Waals surface area (Å²) in [5.41, 5.74) is -7.60. The van der Waals surface area contributed by atoms with E-state index in [4.69, 9.17) is 4.74 Å². The monoisotopic (exact) mass is 735 g/mol. The molecule has 0 aromatic heterocycles. The van der Waals surface area contributed by atoms with Crippen molar-refractivity contribution in [1.29, 1.82) is 0 Å². The molecule has 3 aromatic rings. The van der Waals surface area contributed by atoms with Crippen molar-refractivity contribution in [3.05, 3.63) is 83.9 Å². The summed E-state index contributed by atoms with van der Waals surface area (Å²) in [7, 11) is -2.35. The van der Waals surface area contributed by atoms with E-state index in [1.54, 1.807) is 26.8 Å². The highest BCUT2D eigenvalue weighted by Gasteiger charge is 2.74. The van der Waals surface area contributed by atoms with Crippen LogP contribution in [0.25, 0.3) is 11.1 Å². The summed E-state index contributed by atoms with van der Waals surface area (Å²) in [5.74, 6) is -2.69. The lowest BCUT2D eigenvalue weighted by atomic mass is 9.89. The van der Waals surface area contributed by atoms with E-state index in [1.807, 2.05) is 0 Å². The second-order valence-electron chi connectivity index (χ2n) is 12.6. The lowest BCUT2D eigenvalue weighted by Gasteiger charge is -2.32. The van der Waals surface area contributed by atoms with Crippen molar-refractivity contribution in [2.24, 2.45) is 5.10 Å². The Hall–Kier alpha value is -4.25. The van der Waals surface area contributed by atoms with Crippen molar-refractivity contribution in [2.75, 3.05) is 24.4 Å². The fourth-order valence-corrected chi connectivity index (χ4v) is 6.51. The molecule has 272 valence electrons. The Balaban J connectivity index is 1.60. The van der Waals surface area contributed by atoms with Gasteiger partial charge >= 0.3 is 18.4 Å². The molecule has 0 aliphatic carbocycles. The maximum Gasteiger partial charge on any atom is 0.431 e. The molecule has 0 bridgehead atoms. The Morgan fingerprint density at radius 2 is 1.56 bits per heavy atom. The van der Waals surface area contributed by atoms with E-state index in [1.165, 1.54) is 54.4 Å². The Morgan fingerprint density at radius 3 is 2.12 bits per heavy atom. The fourth-order valence-electron chi connectivity index (χ4n) is 5.17. The number of hydrogen-bond donors (Lipinski definition) is 1. The first-order valence-corrected chi connectivity index (χ1v) is 16.6. The van der Waals surface area contributed by atoms with Crippen LogP contribution in [0.15, 0.2) is 76.7 Å². The van der Waals surface area contributed by atoms with Crippen LogP contribution in [0.3, 0.4) is 0 Å². The number of amides is 1. The SMILES string of the molecule is CN(CCCS(=O)(=O)c1cccc(-c2ccc(C3CC(C(O)(C(F)(F)F)C(F)(F)F)=NN3c3ccc(F)cc3F)cc2)c1)C(=O)OC(C)(C)C. The van der Waals surface area contributed by atoms with E-state index in [9.17, 15) is 53.4 Å². The second-order valence-corrected chi connectivity index (χ2v) is 14.7. The zero-order valence-corrected chi connectivity index (χ0v) is 27.9. The van der Waals surface area contributed by atoms with Gasteiger partial charge in [0, 0.05) is 26.1 Å². The summed E-state index contributed by atoms with van der Waals surface area (Å²) in [6.07, 6.45) is -14.1. The first-order valence-electron chi connectivity index (χ1n) is 15.0. The third kappa shape index (κ3) is 8.20. The van der Waals surface area contributed by atoms with Gasteiger partial charge in [-0.15, -0.1) is 0 Å². The van der Waals surface area contributed by atoms with Crippen LogP contribution < -0.4 is 5.01 Å². The molecule has 0 fully saturated rings. The number of hydrazone groups is 1. The summed E-state index contributed by atoms with van der Waals surface area (Å²) in [5, 5.41) is 13.9. The number of sulfone groups is 1. The van der Waals surface area contributed by atoms with Crippen molar-refractivity contribution in [2.45, 2.75) is 68.1 Å². The second kappa shape index (κ2) is 13.8. The topological polar surface area (TPSA) is 99.5 Å². The molecule has 3 aromatic carbocycles. The number of nitrogens with zero attached hydrogens (tertiary/aromatic N) is 3. The molecule has 1 unspecified atom stereocenters. The van der Waals surface area contributed by atoms with Crippen LogP contribution in [0.1, 0.15) is 45.2 Å². The molecule has 8 nitrogen and oxygen atoms in total.